The Kier molecular flexibility index (Phi) is 5.68. The van der Waals surface area contributed by atoms with Gasteiger partial charge in [0.2, 0.25) is 0 Å². The van der Waals surface area contributed by atoms with E-state index >= 15 is 0 Å². The van der Waals surface area contributed by atoms with Gasteiger partial charge in [-0.25, -0.2) is 0 Å². The quantitative estimate of drug-likeness (QED) is 0.835. The number of piperidine rings is 1. The molecule has 1 aromatic carbocycles. The van der Waals surface area contributed by atoms with Gasteiger partial charge in [0.25, 0.3) is 0 Å². The van der Waals surface area contributed by atoms with E-state index < -0.39 is 0 Å². The van der Waals surface area contributed by atoms with Crippen molar-refractivity contribution in [1.29, 1.82) is 0 Å². The van der Waals surface area contributed by atoms with Crippen molar-refractivity contribution in [3.8, 4) is 0 Å². The molecule has 116 valence electrons. The maximum Gasteiger partial charge on any atom is 0.0381 e. The van der Waals surface area contributed by atoms with Gasteiger partial charge in [0.1, 0.15) is 0 Å². The highest BCUT2D eigenvalue weighted by molar-refractivity contribution is 5.57. The topological polar surface area (TPSA) is 18.5 Å². The lowest BCUT2D eigenvalue weighted by Gasteiger charge is -2.32. The van der Waals surface area contributed by atoms with Crippen LogP contribution >= 0.6 is 0 Å². The fraction of sp³-hybridized carbons (Fsp3) is 0.556. The summed E-state index contributed by atoms with van der Waals surface area (Å²) in [4.78, 5) is 4.69. The largest absolute Gasteiger partial charge is 0.382 e. The summed E-state index contributed by atoms with van der Waals surface area (Å²) in [5.41, 5.74) is 3.90. The monoisotopic (exact) mass is 287 g/mol. The first-order chi connectivity index (χ1) is 10.0. The number of likely N-dealkylation sites (tertiary alicyclic amines) is 1. The summed E-state index contributed by atoms with van der Waals surface area (Å²) in [6, 6.07) is 9.28. The van der Waals surface area contributed by atoms with Gasteiger partial charge in [-0.3, -0.25) is 4.90 Å². The van der Waals surface area contributed by atoms with Gasteiger partial charge in [0, 0.05) is 51.1 Å². The molecule has 1 aromatic rings. The van der Waals surface area contributed by atoms with Crippen LogP contribution < -0.4 is 10.2 Å². The standard InChI is InChI=1S/C18H29N3/c1-15(2)8-11-21-12-9-16(10-13-21)19-17-6-5-7-18(14-17)20(3)4/h5-8,14,16,19H,9-13H2,1-4H3. The first-order valence-electron chi connectivity index (χ1n) is 7.94. The maximum atomic E-state index is 3.69. The maximum absolute atomic E-state index is 3.69. The van der Waals surface area contributed by atoms with Crippen molar-refractivity contribution in [3.63, 3.8) is 0 Å². The fourth-order valence-electron chi connectivity index (χ4n) is 2.68. The van der Waals surface area contributed by atoms with Crippen molar-refractivity contribution in [2.24, 2.45) is 0 Å². The van der Waals surface area contributed by atoms with E-state index in [0.29, 0.717) is 6.04 Å². The molecule has 1 saturated heterocycles. The SMILES string of the molecule is CC(C)=CCN1CCC(Nc2cccc(N(C)C)c2)CC1. The van der Waals surface area contributed by atoms with Crippen molar-refractivity contribution in [2.45, 2.75) is 32.7 Å². The molecule has 1 heterocycles. The second kappa shape index (κ2) is 7.51. The lowest BCUT2D eigenvalue weighted by molar-refractivity contribution is 0.240. The summed E-state index contributed by atoms with van der Waals surface area (Å²) in [5.74, 6) is 0. The lowest BCUT2D eigenvalue weighted by atomic mass is 10.0. The molecule has 0 aliphatic carbocycles. The molecule has 0 radical (unpaired) electrons. The van der Waals surface area contributed by atoms with Crippen LogP contribution in [0.2, 0.25) is 0 Å². The Morgan fingerprint density at radius 1 is 1.29 bits per heavy atom. The third-order valence-corrected chi connectivity index (χ3v) is 4.08. The van der Waals surface area contributed by atoms with Gasteiger partial charge in [0.05, 0.1) is 0 Å². The van der Waals surface area contributed by atoms with Crippen LogP contribution in [0.4, 0.5) is 11.4 Å². The average molecular weight is 287 g/mol. The number of benzene rings is 1. The van der Waals surface area contributed by atoms with Crippen LogP contribution in [0.1, 0.15) is 26.7 Å². The van der Waals surface area contributed by atoms with E-state index in [2.05, 4.69) is 73.4 Å². The van der Waals surface area contributed by atoms with Gasteiger partial charge in [-0.1, -0.05) is 17.7 Å². The summed E-state index contributed by atoms with van der Waals surface area (Å²) >= 11 is 0. The average Bonchev–Trinajstić information content (AvgIpc) is 2.47. The van der Waals surface area contributed by atoms with Gasteiger partial charge in [-0.05, 0) is 44.9 Å². The van der Waals surface area contributed by atoms with E-state index in [-0.39, 0.29) is 0 Å². The molecule has 3 nitrogen and oxygen atoms in total. The number of rotatable bonds is 5. The molecule has 2 rings (SSSR count). The molecule has 1 aliphatic rings. The van der Waals surface area contributed by atoms with Gasteiger partial charge in [-0.2, -0.15) is 0 Å². The highest BCUT2D eigenvalue weighted by Crippen LogP contribution is 2.21. The molecule has 3 heteroatoms. The third kappa shape index (κ3) is 5.09. The second-order valence-electron chi connectivity index (χ2n) is 6.45. The fourth-order valence-corrected chi connectivity index (χ4v) is 2.68. The van der Waals surface area contributed by atoms with Crippen LogP contribution in [-0.2, 0) is 0 Å². The van der Waals surface area contributed by atoms with E-state index in [9.17, 15) is 0 Å². The predicted molar refractivity (Wildman–Crippen MR) is 93.3 cm³/mol. The Labute approximate surface area is 129 Å². The minimum atomic E-state index is 0.602. The Balaban J connectivity index is 1.83. The van der Waals surface area contributed by atoms with E-state index in [1.54, 1.807) is 0 Å². The zero-order valence-corrected chi connectivity index (χ0v) is 13.9. The molecule has 0 spiro atoms. The van der Waals surface area contributed by atoms with E-state index in [0.717, 1.165) is 6.54 Å². The van der Waals surface area contributed by atoms with Crippen molar-refractivity contribution < 1.29 is 0 Å². The van der Waals surface area contributed by atoms with Gasteiger partial charge in [-0.15, -0.1) is 0 Å². The van der Waals surface area contributed by atoms with E-state index in [1.165, 1.54) is 42.9 Å². The summed E-state index contributed by atoms with van der Waals surface area (Å²) < 4.78 is 0. The van der Waals surface area contributed by atoms with Crippen molar-refractivity contribution in [3.05, 3.63) is 35.9 Å². The number of nitrogens with one attached hydrogen (secondary N) is 1. The summed E-state index contributed by atoms with van der Waals surface area (Å²) in [6.07, 6.45) is 4.78. The van der Waals surface area contributed by atoms with Gasteiger partial charge < -0.3 is 10.2 Å². The molecule has 1 fully saturated rings. The Morgan fingerprint density at radius 3 is 2.62 bits per heavy atom. The van der Waals surface area contributed by atoms with Crippen LogP contribution in [0.5, 0.6) is 0 Å². The van der Waals surface area contributed by atoms with Crippen molar-refractivity contribution in [2.75, 3.05) is 43.9 Å². The number of allylic oxidation sites excluding steroid dienone is 1. The van der Waals surface area contributed by atoms with E-state index in [1.807, 2.05) is 0 Å². The summed E-state index contributed by atoms with van der Waals surface area (Å²) in [5, 5.41) is 3.69. The summed E-state index contributed by atoms with van der Waals surface area (Å²) in [6.45, 7) is 7.83. The van der Waals surface area contributed by atoms with Crippen LogP contribution in [0, 0.1) is 0 Å². The highest BCUT2D eigenvalue weighted by Gasteiger charge is 2.18. The molecule has 21 heavy (non-hydrogen) atoms. The molecule has 0 aromatic heterocycles. The molecule has 0 amide bonds. The molecule has 1 aliphatic heterocycles. The first-order valence-corrected chi connectivity index (χ1v) is 7.94. The van der Waals surface area contributed by atoms with Crippen LogP contribution in [0.25, 0.3) is 0 Å². The molecule has 1 N–H and O–H groups in total. The third-order valence-electron chi connectivity index (χ3n) is 4.08. The Morgan fingerprint density at radius 2 is 2.00 bits per heavy atom. The van der Waals surface area contributed by atoms with Gasteiger partial charge >= 0.3 is 0 Å². The second-order valence-corrected chi connectivity index (χ2v) is 6.45. The predicted octanol–water partition coefficient (Wildman–Crippen LogP) is 3.60. The number of hydrogen-bond acceptors (Lipinski definition) is 3. The van der Waals surface area contributed by atoms with Gasteiger partial charge in [0.15, 0.2) is 0 Å². The highest BCUT2D eigenvalue weighted by atomic mass is 15.1. The van der Waals surface area contributed by atoms with Crippen molar-refractivity contribution in [1.82, 2.24) is 4.90 Å². The van der Waals surface area contributed by atoms with E-state index in [4.69, 9.17) is 0 Å². The first kappa shape index (κ1) is 15.9. The smallest absolute Gasteiger partial charge is 0.0381 e. The minimum absolute atomic E-state index is 0.602. The van der Waals surface area contributed by atoms with Crippen LogP contribution in [0.3, 0.4) is 0 Å². The lowest BCUT2D eigenvalue weighted by Crippen LogP contribution is -2.39. The molecular weight excluding hydrogens is 258 g/mol. The van der Waals surface area contributed by atoms with Crippen LogP contribution in [-0.4, -0.2) is 44.7 Å². The van der Waals surface area contributed by atoms with Crippen molar-refractivity contribution >= 4 is 11.4 Å². The molecule has 0 atom stereocenters. The molecule has 0 unspecified atom stereocenters. The number of hydrogen-bond donors (Lipinski definition) is 1. The zero-order valence-electron chi connectivity index (χ0n) is 13.9. The Hall–Kier alpha value is -1.48. The summed E-state index contributed by atoms with van der Waals surface area (Å²) in [7, 11) is 4.17. The normalized spacial score (nSPS) is 16.6. The minimum Gasteiger partial charge on any atom is -0.382 e. The van der Waals surface area contributed by atoms with Crippen LogP contribution in [0.15, 0.2) is 35.9 Å². The number of anilines is 2. The Bertz CT molecular complexity index is 467. The molecule has 0 bridgehead atoms. The molecule has 0 saturated carbocycles. The number of nitrogens with zero attached hydrogens (tertiary/aromatic N) is 2. The zero-order chi connectivity index (χ0) is 15.2. The molecular formula is C18H29N3.